The summed E-state index contributed by atoms with van der Waals surface area (Å²) < 4.78 is 5.97. The van der Waals surface area contributed by atoms with Gasteiger partial charge >= 0.3 is 0 Å². The Morgan fingerprint density at radius 3 is 2.75 bits per heavy atom. The summed E-state index contributed by atoms with van der Waals surface area (Å²) in [5.74, 6) is 1.24. The number of aromatic amines is 1. The Morgan fingerprint density at radius 1 is 1.38 bits per heavy atom. The van der Waals surface area contributed by atoms with E-state index in [1.807, 2.05) is 6.07 Å². The van der Waals surface area contributed by atoms with Crippen molar-refractivity contribution in [3.05, 3.63) is 28.5 Å². The van der Waals surface area contributed by atoms with Crippen molar-refractivity contribution in [2.24, 2.45) is 0 Å². The Labute approximate surface area is 99.5 Å². The quantitative estimate of drug-likeness (QED) is 0.809. The first kappa shape index (κ1) is 11.1. The molecule has 0 saturated heterocycles. The van der Waals surface area contributed by atoms with Crippen LogP contribution in [0.25, 0.3) is 11.0 Å². The number of benzene rings is 1. The highest BCUT2D eigenvalue weighted by atomic mass is 32.1. The molecule has 84 valence electrons. The fourth-order valence-corrected chi connectivity index (χ4v) is 1.78. The molecule has 0 aliphatic carbocycles. The van der Waals surface area contributed by atoms with E-state index in [0.29, 0.717) is 10.6 Å². The first-order valence-corrected chi connectivity index (χ1v) is 5.59. The van der Waals surface area contributed by atoms with Crippen molar-refractivity contribution in [3.8, 4) is 5.75 Å². The number of H-pyrrole nitrogens is 1. The molecule has 2 rings (SSSR count). The lowest BCUT2D eigenvalue weighted by atomic mass is 10.0. The summed E-state index contributed by atoms with van der Waals surface area (Å²) >= 11 is 5.06. The number of hydrogen-bond donors (Lipinski definition) is 1. The first-order valence-electron chi connectivity index (χ1n) is 5.19. The molecule has 0 aliphatic heterocycles. The van der Waals surface area contributed by atoms with Gasteiger partial charge in [-0.1, -0.05) is 26.1 Å². The molecular formula is C12H14N2OS. The molecule has 1 heterocycles. The molecule has 3 nitrogen and oxygen atoms in total. The van der Waals surface area contributed by atoms with Crippen molar-refractivity contribution >= 4 is 23.3 Å². The third-order valence-corrected chi connectivity index (χ3v) is 2.77. The smallest absolute Gasteiger partial charge is 0.144 e. The minimum absolute atomic E-state index is 0.447. The topological polar surface area (TPSA) is 37.9 Å². The number of nitrogens with zero attached hydrogens (tertiary/aromatic N) is 1. The van der Waals surface area contributed by atoms with Crippen molar-refractivity contribution < 1.29 is 4.74 Å². The SMILES string of the molecule is COc1cc(C(C)C)cc2ncc(=S)[nH]c12. The van der Waals surface area contributed by atoms with Gasteiger partial charge in [-0.3, -0.25) is 4.98 Å². The normalized spacial score (nSPS) is 11.0. The van der Waals surface area contributed by atoms with Crippen LogP contribution in [0, 0.1) is 4.64 Å². The van der Waals surface area contributed by atoms with Gasteiger partial charge in [0, 0.05) is 0 Å². The van der Waals surface area contributed by atoms with Crippen molar-refractivity contribution in [2.45, 2.75) is 19.8 Å². The molecule has 0 radical (unpaired) electrons. The number of rotatable bonds is 2. The van der Waals surface area contributed by atoms with Gasteiger partial charge in [-0.2, -0.15) is 0 Å². The predicted octanol–water partition coefficient (Wildman–Crippen LogP) is 3.42. The molecule has 0 atom stereocenters. The second kappa shape index (κ2) is 4.22. The Morgan fingerprint density at radius 2 is 2.12 bits per heavy atom. The molecule has 0 spiro atoms. The second-order valence-corrected chi connectivity index (χ2v) is 4.46. The van der Waals surface area contributed by atoms with E-state index in [-0.39, 0.29) is 0 Å². The van der Waals surface area contributed by atoms with Crippen molar-refractivity contribution in [3.63, 3.8) is 0 Å². The van der Waals surface area contributed by atoms with E-state index in [2.05, 4.69) is 29.9 Å². The third kappa shape index (κ3) is 1.93. The van der Waals surface area contributed by atoms with Crippen LogP contribution in [0.5, 0.6) is 5.75 Å². The van der Waals surface area contributed by atoms with Crippen LogP contribution in [0.1, 0.15) is 25.3 Å². The number of fused-ring (bicyclic) bond motifs is 1. The minimum Gasteiger partial charge on any atom is -0.494 e. The standard InChI is InChI=1S/C12H14N2OS/c1-7(2)8-4-9-12(10(5-8)15-3)14-11(16)6-13-9/h4-7H,1-3H3,(H,14,16). The van der Waals surface area contributed by atoms with E-state index in [1.54, 1.807) is 13.3 Å². The van der Waals surface area contributed by atoms with Crippen LogP contribution >= 0.6 is 12.2 Å². The summed E-state index contributed by atoms with van der Waals surface area (Å²) in [7, 11) is 1.66. The van der Waals surface area contributed by atoms with Crippen LogP contribution in [0.15, 0.2) is 18.3 Å². The van der Waals surface area contributed by atoms with E-state index in [1.165, 1.54) is 5.56 Å². The maximum Gasteiger partial charge on any atom is 0.144 e. The molecule has 0 aliphatic rings. The van der Waals surface area contributed by atoms with E-state index >= 15 is 0 Å². The van der Waals surface area contributed by atoms with Gasteiger partial charge in [-0.05, 0) is 23.6 Å². The maximum absolute atomic E-state index is 5.36. The Bertz CT molecular complexity index is 575. The number of hydrogen-bond acceptors (Lipinski definition) is 3. The predicted molar refractivity (Wildman–Crippen MR) is 67.6 cm³/mol. The first-order chi connectivity index (χ1) is 7.61. The molecule has 1 N–H and O–H groups in total. The summed E-state index contributed by atoms with van der Waals surface area (Å²) in [6.45, 7) is 4.29. The molecule has 0 bridgehead atoms. The van der Waals surface area contributed by atoms with Gasteiger partial charge in [0.25, 0.3) is 0 Å². The van der Waals surface area contributed by atoms with Crippen LogP contribution in [-0.2, 0) is 0 Å². The molecular weight excluding hydrogens is 220 g/mol. The highest BCUT2D eigenvalue weighted by molar-refractivity contribution is 7.71. The van der Waals surface area contributed by atoms with Crippen LogP contribution < -0.4 is 4.74 Å². The highest BCUT2D eigenvalue weighted by Crippen LogP contribution is 2.27. The van der Waals surface area contributed by atoms with Crippen molar-refractivity contribution in [2.75, 3.05) is 7.11 Å². The Kier molecular flexibility index (Phi) is 2.92. The number of methoxy groups -OCH3 is 1. The zero-order chi connectivity index (χ0) is 11.7. The van der Waals surface area contributed by atoms with Gasteiger partial charge in [-0.15, -0.1) is 0 Å². The average Bonchev–Trinajstić information content (AvgIpc) is 2.27. The van der Waals surface area contributed by atoms with Gasteiger partial charge in [0.15, 0.2) is 0 Å². The van der Waals surface area contributed by atoms with Crippen LogP contribution in [0.3, 0.4) is 0 Å². The second-order valence-electron chi connectivity index (χ2n) is 4.02. The lowest BCUT2D eigenvalue weighted by molar-refractivity contribution is 0.418. The monoisotopic (exact) mass is 234 g/mol. The van der Waals surface area contributed by atoms with E-state index in [9.17, 15) is 0 Å². The summed E-state index contributed by atoms with van der Waals surface area (Å²) in [4.78, 5) is 7.42. The van der Waals surface area contributed by atoms with Crippen molar-refractivity contribution in [1.82, 2.24) is 9.97 Å². The Balaban J connectivity index is 2.78. The fourth-order valence-electron chi connectivity index (χ4n) is 1.63. The molecule has 0 saturated carbocycles. The highest BCUT2D eigenvalue weighted by Gasteiger charge is 2.08. The van der Waals surface area contributed by atoms with Gasteiger partial charge in [0.2, 0.25) is 0 Å². The summed E-state index contributed by atoms with van der Waals surface area (Å²) in [6.07, 6.45) is 1.65. The summed E-state index contributed by atoms with van der Waals surface area (Å²) in [5, 5.41) is 0. The zero-order valence-corrected chi connectivity index (χ0v) is 10.4. The average molecular weight is 234 g/mol. The van der Waals surface area contributed by atoms with E-state index < -0.39 is 0 Å². The molecule has 0 unspecified atom stereocenters. The van der Waals surface area contributed by atoms with Gasteiger partial charge in [0.1, 0.15) is 15.9 Å². The molecule has 0 amide bonds. The van der Waals surface area contributed by atoms with Gasteiger partial charge < -0.3 is 9.72 Å². The van der Waals surface area contributed by atoms with Gasteiger partial charge in [-0.25, -0.2) is 0 Å². The Hall–Kier alpha value is -1.42. The third-order valence-electron chi connectivity index (χ3n) is 2.56. The van der Waals surface area contributed by atoms with Crippen molar-refractivity contribution in [1.29, 1.82) is 0 Å². The van der Waals surface area contributed by atoms with E-state index in [4.69, 9.17) is 17.0 Å². The molecule has 2 aromatic rings. The molecule has 0 fully saturated rings. The van der Waals surface area contributed by atoms with Gasteiger partial charge in [0.05, 0.1) is 18.8 Å². The van der Waals surface area contributed by atoms with Crippen LogP contribution in [-0.4, -0.2) is 17.1 Å². The molecule has 4 heteroatoms. The minimum atomic E-state index is 0.447. The van der Waals surface area contributed by atoms with Crippen LogP contribution in [0.2, 0.25) is 0 Å². The zero-order valence-electron chi connectivity index (χ0n) is 9.57. The maximum atomic E-state index is 5.36. The molecule has 16 heavy (non-hydrogen) atoms. The summed E-state index contributed by atoms with van der Waals surface area (Å²) in [5.41, 5.74) is 2.96. The lowest BCUT2D eigenvalue weighted by Gasteiger charge is -2.10. The lowest BCUT2D eigenvalue weighted by Crippen LogP contribution is -1.95. The number of nitrogens with one attached hydrogen (secondary N) is 1. The number of ether oxygens (including phenoxy) is 1. The van der Waals surface area contributed by atoms with Crippen LogP contribution in [0.4, 0.5) is 0 Å². The largest absolute Gasteiger partial charge is 0.494 e. The van der Waals surface area contributed by atoms with E-state index in [0.717, 1.165) is 16.8 Å². The molecule has 1 aromatic carbocycles. The summed E-state index contributed by atoms with van der Waals surface area (Å²) in [6, 6.07) is 4.09. The number of aromatic nitrogens is 2. The fraction of sp³-hybridized carbons (Fsp3) is 0.333. The molecule has 1 aromatic heterocycles.